The van der Waals surface area contributed by atoms with Crippen molar-refractivity contribution in [1.82, 2.24) is 45.9 Å². The van der Waals surface area contributed by atoms with Gasteiger partial charge in [0, 0.05) is 13.1 Å². The average Bonchev–Trinajstić information content (AvgIpc) is 3.08. The lowest BCUT2D eigenvalue weighted by Gasteiger charge is -2.26. The van der Waals surface area contributed by atoms with Gasteiger partial charge in [0.05, 0.1) is 18.4 Å². The van der Waals surface area contributed by atoms with Gasteiger partial charge in [0.15, 0.2) is 11.4 Å². The molecule has 0 unspecified atom stereocenters. The number of aromatic amines is 1. The Balaban J connectivity index is 1.63. The van der Waals surface area contributed by atoms with Crippen molar-refractivity contribution < 1.29 is 4.52 Å². The highest BCUT2D eigenvalue weighted by atomic mass is 16.5. The molecule has 10 nitrogen and oxygen atoms in total. The minimum Gasteiger partial charge on any atom is -0.332 e. The first kappa shape index (κ1) is 10.3. The molecule has 2 N–H and O–H groups in total. The second-order valence-electron chi connectivity index (χ2n) is 4.17. The molecule has 3 aromatic rings. The third kappa shape index (κ3) is 1.69. The van der Waals surface area contributed by atoms with E-state index in [1.165, 1.54) is 6.20 Å². The summed E-state index contributed by atoms with van der Waals surface area (Å²) >= 11 is 0. The van der Waals surface area contributed by atoms with Gasteiger partial charge in [-0.25, -0.2) is 4.68 Å². The van der Waals surface area contributed by atoms with Crippen molar-refractivity contribution in [3.05, 3.63) is 12.4 Å². The first-order chi connectivity index (χ1) is 9.40. The highest BCUT2D eigenvalue weighted by Gasteiger charge is 2.22. The van der Waals surface area contributed by atoms with Crippen LogP contribution in [0.5, 0.6) is 0 Å². The Morgan fingerprint density at radius 3 is 3.00 bits per heavy atom. The van der Waals surface area contributed by atoms with Gasteiger partial charge in [-0.1, -0.05) is 10.4 Å². The van der Waals surface area contributed by atoms with Crippen LogP contribution in [0.4, 0.5) is 0 Å². The largest absolute Gasteiger partial charge is 0.332 e. The molecule has 10 heteroatoms. The standard InChI is InChI=1S/C9H9N9O/c1-5(2-10-1)18-4-7(14-17-18)9-12-8(15-19-9)6-3-11-16-13-6/h3-5,10H,1-2H2,(H,11,13,16). The molecule has 96 valence electrons. The fraction of sp³-hybridized carbons (Fsp3) is 0.333. The third-order valence-corrected chi connectivity index (χ3v) is 2.93. The van der Waals surface area contributed by atoms with E-state index in [1.54, 1.807) is 10.9 Å². The number of hydrogen-bond donors (Lipinski definition) is 2. The molecule has 19 heavy (non-hydrogen) atoms. The summed E-state index contributed by atoms with van der Waals surface area (Å²) in [5, 5.41) is 25.1. The van der Waals surface area contributed by atoms with Gasteiger partial charge in [0.25, 0.3) is 5.89 Å². The summed E-state index contributed by atoms with van der Waals surface area (Å²) in [5.74, 6) is 0.681. The van der Waals surface area contributed by atoms with Gasteiger partial charge in [-0.3, -0.25) is 0 Å². The molecule has 0 saturated carbocycles. The molecule has 0 atom stereocenters. The van der Waals surface area contributed by atoms with Crippen LogP contribution < -0.4 is 5.32 Å². The zero-order valence-corrected chi connectivity index (χ0v) is 9.69. The molecule has 4 heterocycles. The summed E-state index contributed by atoms with van der Waals surface area (Å²) in [4.78, 5) is 4.21. The summed E-state index contributed by atoms with van der Waals surface area (Å²) in [6.07, 6.45) is 3.32. The fourth-order valence-corrected chi connectivity index (χ4v) is 1.75. The Hall–Kier alpha value is -2.62. The van der Waals surface area contributed by atoms with Gasteiger partial charge < -0.3 is 9.84 Å². The number of nitrogens with one attached hydrogen (secondary N) is 2. The van der Waals surface area contributed by atoms with Crippen molar-refractivity contribution in [1.29, 1.82) is 0 Å². The van der Waals surface area contributed by atoms with Crippen LogP contribution in [0, 0.1) is 0 Å². The summed E-state index contributed by atoms with van der Waals surface area (Å²) in [6, 6.07) is 0.346. The van der Waals surface area contributed by atoms with Gasteiger partial charge in [0.1, 0.15) is 0 Å². The average molecular weight is 259 g/mol. The monoisotopic (exact) mass is 259 g/mol. The molecule has 3 aromatic heterocycles. The summed E-state index contributed by atoms with van der Waals surface area (Å²) < 4.78 is 6.94. The van der Waals surface area contributed by atoms with Crippen LogP contribution in [-0.2, 0) is 0 Å². The Morgan fingerprint density at radius 2 is 2.26 bits per heavy atom. The van der Waals surface area contributed by atoms with Gasteiger partial charge in [-0.15, -0.1) is 5.10 Å². The number of rotatable bonds is 3. The molecule has 1 fully saturated rings. The van der Waals surface area contributed by atoms with Crippen molar-refractivity contribution in [3.8, 4) is 23.1 Å². The Labute approximate surface area is 106 Å². The van der Waals surface area contributed by atoms with E-state index in [-0.39, 0.29) is 0 Å². The smallest absolute Gasteiger partial charge is 0.280 e. The van der Waals surface area contributed by atoms with Crippen LogP contribution >= 0.6 is 0 Å². The van der Waals surface area contributed by atoms with Crippen LogP contribution in [0.3, 0.4) is 0 Å². The van der Waals surface area contributed by atoms with Crippen LogP contribution in [-0.4, -0.2) is 53.6 Å². The SMILES string of the molecule is c1n[nH]nc1-c1noc(-c2cn(C3CNC3)nn2)n1. The van der Waals surface area contributed by atoms with Gasteiger partial charge in [0.2, 0.25) is 5.82 Å². The lowest BCUT2D eigenvalue weighted by molar-refractivity contribution is 0.313. The molecule has 0 amide bonds. The predicted molar refractivity (Wildman–Crippen MR) is 60.6 cm³/mol. The summed E-state index contributed by atoms with van der Waals surface area (Å²) in [6.45, 7) is 1.80. The fourth-order valence-electron chi connectivity index (χ4n) is 1.75. The normalized spacial score (nSPS) is 15.6. The molecule has 0 bridgehead atoms. The van der Waals surface area contributed by atoms with Crippen LogP contribution in [0.2, 0.25) is 0 Å². The predicted octanol–water partition coefficient (Wildman–Crippen LogP) is -0.743. The summed E-state index contributed by atoms with van der Waals surface area (Å²) in [5.41, 5.74) is 1.07. The molecule has 1 aliphatic heterocycles. The molecule has 1 saturated heterocycles. The zero-order chi connectivity index (χ0) is 12.7. The van der Waals surface area contributed by atoms with Crippen molar-refractivity contribution in [3.63, 3.8) is 0 Å². The molecule has 4 rings (SSSR count). The quantitative estimate of drug-likeness (QED) is 0.630. The first-order valence-corrected chi connectivity index (χ1v) is 5.73. The highest BCUT2D eigenvalue weighted by Crippen LogP contribution is 2.19. The highest BCUT2D eigenvalue weighted by molar-refractivity contribution is 5.51. The van der Waals surface area contributed by atoms with Crippen LogP contribution in [0.15, 0.2) is 16.9 Å². The maximum absolute atomic E-state index is 5.14. The molecule has 0 spiro atoms. The molecule has 0 aliphatic carbocycles. The Bertz CT molecular complexity index is 680. The third-order valence-electron chi connectivity index (χ3n) is 2.93. The van der Waals surface area contributed by atoms with E-state index in [4.69, 9.17) is 4.52 Å². The number of aromatic nitrogens is 8. The van der Waals surface area contributed by atoms with E-state index in [0.29, 0.717) is 29.1 Å². The van der Waals surface area contributed by atoms with E-state index in [2.05, 4.69) is 41.2 Å². The van der Waals surface area contributed by atoms with Crippen molar-refractivity contribution >= 4 is 0 Å². The lowest BCUT2D eigenvalue weighted by atomic mass is 10.2. The van der Waals surface area contributed by atoms with Crippen molar-refractivity contribution in [2.24, 2.45) is 0 Å². The van der Waals surface area contributed by atoms with Crippen molar-refractivity contribution in [2.45, 2.75) is 6.04 Å². The molecule has 1 aliphatic rings. The van der Waals surface area contributed by atoms with Gasteiger partial charge in [-0.05, 0) is 0 Å². The molecular weight excluding hydrogens is 250 g/mol. The number of nitrogens with zero attached hydrogens (tertiary/aromatic N) is 7. The van der Waals surface area contributed by atoms with E-state index >= 15 is 0 Å². The minimum atomic E-state index is 0.316. The van der Waals surface area contributed by atoms with E-state index in [9.17, 15) is 0 Å². The summed E-state index contributed by atoms with van der Waals surface area (Å²) in [7, 11) is 0. The van der Waals surface area contributed by atoms with E-state index in [1.807, 2.05) is 0 Å². The van der Waals surface area contributed by atoms with E-state index in [0.717, 1.165) is 13.1 Å². The molecule has 0 radical (unpaired) electrons. The number of H-pyrrole nitrogens is 1. The minimum absolute atomic E-state index is 0.316. The topological polar surface area (TPSA) is 123 Å². The van der Waals surface area contributed by atoms with Crippen LogP contribution in [0.25, 0.3) is 23.1 Å². The first-order valence-electron chi connectivity index (χ1n) is 5.73. The van der Waals surface area contributed by atoms with Crippen molar-refractivity contribution in [2.75, 3.05) is 13.1 Å². The van der Waals surface area contributed by atoms with Crippen LogP contribution in [0.1, 0.15) is 6.04 Å². The maximum atomic E-state index is 5.14. The lowest BCUT2D eigenvalue weighted by Crippen LogP contribution is -2.43. The maximum Gasteiger partial charge on any atom is 0.280 e. The van der Waals surface area contributed by atoms with E-state index < -0.39 is 0 Å². The second-order valence-corrected chi connectivity index (χ2v) is 4.17. The Morgan fingerprint density at radius 1 is 1.32 bits per heavy atom. The number of hydrogen-bond acceptors (Lipinski definition) is 8. The Kier molecular flexibility index (Phi) is 2.14. The second kappa shape index (κ2) is 3.95. The van der Waals surface area contributed by atoms with Gasteiger partial charge >= 0.3 is 0 Å². The molecule has 0 aromatic carbocycles. The molecular formula is C9H9N9O. The zero-order valence-electron chi connectivity index (χ0n) is 9.69. The van der Waals surface area contributed by atoms with Gasteiger partial charge in [-0.2, -0.15) is 20.4 Å².